The van der Waals surface area contributed by atoms with Crippen molar-refractivity contribution in [3.8, 4) is 0 Å². The van der Waals surface area contributed by atoms with Crippen molar-refractivity contribution in [3.05, 3.63) is 77.9 Å². The Kier molecular flexibility index (Phi) is 5.39. The van der Waals surface area contributed by atoms with Crippen LogP contribution >= 0.6 is 0 Å². The molecule has 0 unspecified atom stereocenters. The first-order valence-corrected chi connectivity index (χ1v) is 9.54. The molecule has 3 aromatic rings. The summed E-state index contributed by atoms with van der Waals surface area (Å²) in [5.74, 6) is 2.02. The second kappa shape index (κ2) is 8.27. The molecule has 3 heterocycles. The number of hydrogen-bond acceptors (Lipinski definition) is 5. The van der Waals surface area contributed by atoms with Gasteiger partial charge in [-0.05, 0) is 50.6 Å². The van der Waals surface area contributed by atoms with E-state index in [0.29, 0.717) is 5.92 Å². The Morgan fingerprint density at radius 1 is 1.04 bits per heavy atom. The summed E-state index contributed by atoms with van der Waals surface area (Å²) >= 11 is 0. The van der Waals surface area contributed by atoms with Gasteiger partial charge in [0.25, 0.3) is 0 Å². The van der Waals surface area contributed by atoms with Crippen molar-refractivity contribution in [2.75, 3.05) is 18.4 Å². The zero-order valence-corrected chi connectivity index (χ0v) is 15.7. The first-order valence-electron chi connectivity index (χ1n) is 9.54. The smallest absolute Gasteiger partial charge is 0.150 e. The fraction of sp³-hybridized carbons (Fsp3) is 0.318. The van der Waals surface area contributed by atoms with E-state index in [1.165, 1.54) is 11.1 Å². The van der Waals surface area contributed by atoms with Gasteiger partial charge in [0.05, 0.1) is 11.9 Å². The van der Waals surface area contributed by atoms with E-state index in [4.69, 9.17) is 4.98 Å². The predicted molar refractivity (Wildman–Crippen MR) is 108 cm³/mol. The van der Waals surface area contributed by atoms with Crippen molar-refractivity contribution in [1.29, 1.82) is 0 Å². The summed E-state index contributed by atoms with van der Waals surface area (Å²) in [5.41, 5.74) is 3.80. The van der Waals surface area contributed by atoms with Gasteiger partial charge in [-0.1, -0.05) is 35.9 Å². The number of nitrogens with zero attached hydrogens (tertiary/aromatic N) is 4. The summed E-state index contributed by atoms with van der Waals surface area (Å²) in [6, 6.07) is 14.6. The monoisotopic (exact) mass is 359 g/mol. The van der Waals surface area contributed by atoms with Crippen LogP contribution in [0.1, 0.15) is 35.6 Å². The van der Waals surface area contributed by atoms with Crippen molar-refractivity contribution >= 4 is 11.6 Å². The maximum atomic E-state index is 4.78. The molecule has 1 saturated heterocycles. The Morgan fingerprint density at radius 3 is 2.70 bits per heavy atom. The minimum atomic E-state index is 0.469. The quantitative estimate of drug-likeness (QED) is 0.736. The highest BCUT2D eigenvalue weighted by Gasteiger charge is 2.22. The molecular weight excluding hydrogens is 334 g/mol. The van der Waals surface area contributed by atoms with E-state index >= 15 is 0 Å². The molecule has 0 saturated carbocycles. The van der Waals surface area contributed by atoms with Gasteiger partial charge in [-0.2, -0.15) is 0 Å². The van der Waals surface area contributed by atoms with Gasteiger partial charge in [0.2, 0.25) is 0 Å². The molecule has 1 N–H and O–H groups in total. The SMILES string of the molecule is Cc1cccc(CN2CCC(c3cncc(Nc4ccccn4)n3)CC2)c1. The molecule has 1 aromatic carbocycles. The lowest BCUT2D eigenvalue weighted by molar-refractivity contribution is 0.203. The second-order valence-corrected chi connectivity index (χ2v) is 7.21. The van der Waals surface area contributed by atoms with Gasteiger partial charge in [-0.3, -0.25) is 9.88 Å². The van der Waals surface area contributed by atoms with Crippen LogP contribution in [0.25, 0.3) is 0 Å². The number of nitrogens with one attached hydrogen (secondary N) is 1. The number of likely N-dealkylation sites (tertiary alicyclic amines) is 1. The zero-order chi connectivity index (χ0) is 18.5. The second-order valence-electron chi connectivity index (χ2n) is 7.21. The summed E-state index contributed by atoms with van der Waals surface area (Å²) in [4.78, 5) is 16.0. The van der Waals surface area contributed by atoms with E-state index in [0.717, 1.165) is 49.8 Å². The van der Waals surface area contributed by atoms with Crippen LogP contribution in [-0.4, -0.2) is 32.9 Å². The minimum Gasteiger partial charge on any atom is -0.324 e. The normalized spacial score (nSPS) is 15.6. The van der Waals surface area contributed by atoms with E-state index in [2.05, 4.69) is 51.4 Å². The first kappa shape index (κ1) is 17.6. The number of hydrogen-bond donors (Lipinski definition) is 1. The molecule has 1 aliphatic rings. The lowest BCUT2D eigenvalue weighted by Gasteiger charge is -2.31. The number of anilines is 2. The van der Waals surface area contributed by atoms with Gasteiger partial charge in [-0.25, -0.2) is 9.97 Å². The highest BCUT2D eigenvalue weighted by atomic mass is 15.1. The molecule has 4 rings (SSSR count). The molecule has 138 valence electrons. The maximum absolute atomic E-state index is 4.78. The van der Waals surface area contributed by atoms with E-state index in [9.17, 15) is 0 Å². The number of rotatable bonds is 5. The molecule has 2 aromatic heterocycles. The molecule has 5 nitrogen and oxygen atoms in total. The summed E-state index contributed by atoms with van der Waals surface area (Å²) in [5, 5.41) is 3.23. The van der Waals surface area contributed by atoms with Crippen molar-refractivity contribution in [3.63, 3.8) is 0 Å². The van der Waals surface area contributed by atoms with Gasteiger partial charge in [-0.15, -0.1) is 0 Å². The van der Waals surface area contributed by atoms with Crippen LogP contribution in [-0.2, 0) is 6.54 Å². The van der Waals surface area contributed by atoms with Crippen LogP contribution in [0.2, 0.25) is 0 Å². The molecule has 0 aliphatic carbocycles. The van der Waals surface area contributed by atoms with Crippen molar-refractivity contribution in [1.82, 2.24) is 19.9 Å². The van der Waals surface area contributed by atoms with Gasteiger partial charge in [0.15, 0.2) is 0 Å². The summed E-state index contributed by atoms with van der Waals surface area (Å²) in [6.45, 7) is 5.37. The van der Waals surface area contributed by atoms with Crippen LogP contribution in [0.3, 0.4) is 0 Å². The van der Waals surface area contributed by atoms with E-state index in [-0.39, 0.29) is 0 Å². The Morgan fingerprint density at radius 2 is 1.93 bits per heavy atom. The topological polar surface area (TPSA) is 53.9 Å². The molecular formula is C22H25N5. The third-order valence-corrected chi connectivity index (χ3v) is 5.07. The molecule has 0 bridgehead atoms. The van der Waals surface area contributed by atoms with Crippen molar-refractivity contribution in [2.24, 2.45) is 0 Å². The average Bonchev–Trinajstić information content (AvgIpc) is 2.70. The van der Waals surface area contributed by atoms with Gasteiger partial charge in [0.1, 0.15) is 11.6 Å². The van der Waals surface area contributed by atoms with E-state index in [1.54, 1.807) is 12.4 Å². The van der Waals surface area contributed by atoms with Crippen LogP contribution < -0.4 is 5.32 Å². The zero-order valence-electron chi connectivity index (χ0n) is 15.7. The molecule has 27 heavy (non-hydrogen) atoms. The minimum absolute atomic E-state index is 0.469. The number of pyridine rings is 1. The maximum Gasteiger partial charge on any atom is 0.150 e. The summed E-state index contributed by atoms with van der Waals surface area (Å²) in [6.07, 6.45) is 7.67. The highest BCUT2D eigenvalue weighted by Crippen LogP contribution is 2.28. The number of piperidine rings is 1. The number of aryl methyl sites for hydroxylation is 1. The fourth-order valence-electron chi connectivity index (χ4n) is 3.66. The van der Waals surface area contributed by atoms with Crippen molar-refractivity contribution < 1.29 is 0 Å². The third kappa shape index (κ3) is 4.68. The number of benzene rings is 1. The Balaban J connectivity index is 1.36. The predicted octanol–water partition coefficient (Wildman–Crippen LogP) is 4.30. The molecule has 1 aliphatic heterocycles. The fourth-order valence-corrected chi connectivity index (χ4v) is 3.66. The molecule has 0 atom stereocenters. The van der Waals surface area contributed by atoms with Crippen LogP contribution in [0.5, 0.6) is 0 Å². The highest BCUT2D eigenvalue weighted by molar-refractivity contribution is 5.50. The first-order chi connectivity index (χ1) is 13.3. The average molecular weight is 359 g/mol. The molecule has 0 radical (unpaired) electrons. The van der Waals surface area contributed by atoms with Crippen LogP contribution in [0.15, 0.2) is 61.1 Å². The van der Waals surface area contributed by atoms with Gasteiger partial charge in [0, 0.05) is 24.9 Å². The van der Waals surface area contributed by atoms with Gasteiger partial charge < -0.3 is 5.32 Å². The molecule has 0 spiro atoms. The molecule has 1 fully saturated rings. The van der Waals surface area contributed by atoms with Crippen LogP contribution in [0.4, 0.5) is 11.6 Å². The van der Waals surface area contributed by atoms with Crippen molar-refractivity contribution in [2.45, 2.75) is 32.2 Å². The third-order valence-electron chi connectivity index (χ3n) is 5.07. The summed E-state index contributed by atoms with van der Waals surface area (Å²) < 4.78 is 0. The lowest BCUT2D eigenvalue weighted by Crippen LogP contribution is -2.32. The number of aromatic nitrogens is 3. The summed E-state index contributed by atoms with van der Waals surface area (Å²) in [7, 11) is 0. The van der Waals surface area contributed by atoms with E-state index < -0.39 is 0 Å². The van der Waals surface area contributed by atoms with Crippen LogP contribution in [0, 0.1) is 6.92 Å². The van der Waals surface area contributed by atoms with Gasteiger partial charge >= 0.3 is 0 Å². The lowest BCUT2D eigenvalue weighted by atomic mass is 9.93. The standard InChI is InChI=1S/C22H25N5/c1-17-5-4-6-18(13-17)16-27-11-8-19(9-12-27)20-14-23-15-22(25-20)26-21-7-2-3-10-24-21/h2-7,10,13-15,19H,8-9,11-12,16H2,1H3,(H,24,25,26). The molecule has 5 heteroatoms. The molecule has 0 amide bonds. The van der Waals surface area contributed by atoms with E-state index in [1.807, 2.05) is 24.4 Å². The largest absolute Gasteiger partial charge is 0.324 e. The Labute approximate surface area is 160 Å². The Hall–Kier alpha value is -2.79. The Bertz CT molecular complexity index is 873.